The number of amides is 1. The van der Waals surface area contributed by atoms with Gasteiger partial charge >= 0.3 is 0 Å². The summed E-state index contributed by atoms with van der Waals surface area (Å²) in [5.74, 6) is 0.528. The van der Waals surface area contributed by atoms with Crippen LogP contribution in [0.5, 0.6) is 5.75 Å². The molecule has 0 aliphatic heterocycles. The molecule has 0 saturated carbocycles. The third-order valence-electron chi connectivity index (χ3n) is 4.54. The normalized spacial score (nSPS) is 10.4. The van der Waals surface area contributed by atoms with Crippen LogP contribution < -0.4 is 15.4 Å². The first kappa shape index (κ1) is 20.0. The van der Waals surface area contributed by atoms with Gasteiger partial charge in [-0.3, -0.25) is 4.79 Å². The number of hydrogen-bond donors (Lipinski definition) is 2. The van der Waals surface area contributed by atoms with Gasteiger partial charge in [0.2, 0.25) is 5.95 Å². The van der Waals surface area contributed by atoms with Crippen LogP contribution in [-0.4, -0.2) is 23.0 Å². The topological polar surface area (TPSA) is 76.1 Å². The van der Waals surface area contributed by atoms with Crippen LogP contribution in [0.3, 0.4) is 0 Å². The smallest absolute Gasteiger partial charge is 0.255 e. The zero-order chi connectivity index (χ0) is 21.6. The molecule has 1 aromatic heterocycles. The van der Waals surface area contributed by atoms with Crippen LogP contribution in [0, 0.1) is 5.82 Å². The summed E-state index contributed by atoms with van der Waals surface area (Å²) in [5, 5.41) is 5.92. The van der Waals surface area contributed by atoms with E-state index in [4.69, 9.17) is 4.74 Å². The maximum absolute atomic E-state index is 13.4. The standard InChI is InChI=1S/C24H19FN4O2/c1-31-22-7-3-6-21(13-22)28-23(30)16-8-10-20(11-9-16)29-24-26-14-18(15-27-24)17-4-2-5-19(25)12-17/h2-15H,1H3,(H,28,30)(H,26,27,29). The Morgan fingerprint density at radius 3 is 2.32 bits per heavy atom. The lowest BCUT2D eigenvalue weighted by Gasteiger charge is -2.09. The van der Waals surface area contributed by atoms with Gasteiger partial charge in [-0.1, -0.05) is 18.2 Å². The van der Waals surface area contributed by atoms with E-state index in [0.717, 1.165) is 11.3 Å². The van der Waals surface area contributed by atoms with Crippen molar-refractivity contribution >= 4 is 23.2 Å². The zero-order valence-electron chi connectivity index (χ0n) is 16.7. The Hall–Kier alpha value is -4.26. The fraction of sp³-hybridized carbons (Fsp3) is 0.0417. The van der Waals surface area contributed by atoms with Gasteiger partial charge < -0.3 is 15.4 Å². The predicted molar refractivity (Wildman–Crippen MR) is 118 cm³/mol. The SMILES string of the molecule is COc1cccc(NC(=O)c2ccc(Nc3ncc(-c4cccc(F)c4)cn3)cc2)c1. The summed E-state index contributed by atoms with van der Waals surface area (Å²) < 4.78 is 18.5. The molecule has 2 N–H and O–H groups in total. The second-order valence-electron chi connectivity index (χ2n) is 6.69. The number of anilines is 3. The van der Waals surface area contributed by atoms with Crippen molar-refractivity contribution in [2.45, 2.75) is 0 Å². The van der Waals surface area contributed by atoms with Gasteiger partial charge in [-0.25, -0.2) is 14.4 Å². The lowest BCUT2D eigenvalue weighted by molar-refractivity contribution is 0.102. The number of methoxy groups -OCH3 is 1. The summed E-state index contributed by atoms with van der Waals surface area (Å²) in [6.45, 7) is 0. The molecule has 3 aromatic carbocycles. The van der Waals surface area contributed by atoms with E-state index in [1.807, 2.05) is 6.07 Å². The highest BCUT2D eigenvalue weighted by molar-refractivity contribution is 6.04. The Morgan fingerprint density at radius 2 is 1.61 bits per heavy atom. The van der Waals surface area contributed by atoms with E-state index in [9.17, 15) is 9.18 Å². The molecule has 0 aliphatic rings. The Labute approximate surface area is 178 Å². The average Bonchev–Trinajstić information content (AvgIpc) is 2.80. The summed E-state index contributed by atoms with van der Waals surface area (Å²) in [7, 11) is 1.57. The Bertz CT molecular complexity index is 1190. The first-order chi connectivity index (χ1) is 15.1. The minimum atomic E-state index is -0.310. The maximum atomic E-state index is 13.4. The molecule has 0 saturated heterocycles. The van der Waals surface area contributed by atoms with Gasteiger partial charge in [-0.2, -0.15) is 0 Å². The molecule has 31 heavy (non-hydrogen) atoms. The van der Waals surface area contributed by atoms with Crippen molar-refractivity contribution in [2.75, 3.05) is 17.7 Å². The van der Waals surface area contributed by atoms with Crippen LogP contribution in [-0.2, 0) is 0 Å². The van der Waals surface area contributed by atoms with Crippen molar-refractivity contribution in [1.82, 2.24) is 9.97 Å². The van der Waals surface area contributed by atoms with Crippen molar-refractivity contribution in [3.05, 3.63) is 96.6 Å². The molecule has 0 bridgehead atoms. The second kappa shape index (κ2) is 9.04. The van der Waals surface area contributed by atoms with Gasteiger partial charge in [0.1, 0.15) is 11.6 Å². The number of hydrogen-bond acceptors (Lipinski definition) is 5. The van der Waals surface area contributed by atoms with Gasteiger partial charge in [-0.05, 0) is 54.1 Å². The molecule has 0 unspecified atom stereocenters. The van der Waals surface area contributed by atoms with E-state index in [1.165, 1.54) is 12.1 Å². The minimum Gasteiger partial charge on any atom is -0.497 e. The molecule has 0 radical (unpaired) electrons. The van der Waals surface area contributed by atoms with Crippen molar-refractivity contribution in [1.29, 1.82) is 0 Å². The lowest BCUT2D eigenvalue weighted by Crippen LogP contribution is -2.11. The van der Waals surface area contributed by atoms with Crippen molar-refractivity contribution in [3.63, 3.8) is 0 Å². The first-order valence-electron chi connectivity index (χ1n) is 9.51. The van der Waals surface area contributed by atoms with E-state index in [0.29, 0.717) is 28.5 Å². The zero-order valence-corrected chi connectivity index (χ0v) is 16.7. The predicted octanol–water partition coefficient (Wildman–Crippen LogP) is 5.29. The van der Waals surface area contributed by atoms with Crippen LogP contribution in [0.25, 0.3) is 11.1 Å². The number of nitrogens with one attached hydrogen (secondary N) is 2. The lowest BCUT2D eigenvalue weighted by atomic mass is 10.1. The average molecular weight is 414 g/mol. The van der Waals surface area contributed by atoms with Gasteiger partial charge in [0.05, 0.1) is 7.11 Å². The van der Waals surface area contributed by atoms with Crippen LogP contribution in [0.15, 0.2) is 85.2 Å². The highest BCUT2D eigenvalue weighted by atomic mass is 19.1. The van der Waals surface area contributed by atoms with Crippen LogP contribution in [0.1, 0.15) is 10.4 Å². The summed E-state index contributed by atoms with van der Waals surface area (Å²) in [4.78, 5) is 21.0. The van der Waals surface area contributed by atoms with E-state index in [1.54, 1.807) is 74.1 Å². The number of benzene rings is 3. The number of ether oxygens (including phenoxy) is 1. The molecule has 7 heteroatoms. The summed E-state index contributed by atoms with van der Waals surface area (Å²) in [6.07, 6.45) is 3.25. The minimum absolute atomic E-state index is 0.226. The van der Waals surface area contributed by atoms with Gasteiger partial charge in [-0.15, -0.1) is 0 Å². The van der Waals surface area contributed by atoms with Crippen LogP contribution in [0.2, 0.25) is 0 Å². The quantitative estimate of drug-likeness (QED) is 0.449. The van der Waals surface area contributed by atoms with Crippen LogP contribution >= 0.6 is 0 Å². The number of nitrogens with zero attached hydrogens (tertiary/aromatic N) is 2. The summed E-state index contributed by atoms with van der Waals surface area (Å²) >= 11 is 0. The molecular weight excluding hydrogens is 395 g/mol. The molecular formula is C24H19FN4O2. The Kier molecular flexibility index (Phi) is 5.84. The molecule has 4 rings (SSSR count). The fourth-order valence-corrected chi connectivity index (χ4v) is 2.95. The Balaban J connectivity index is 1.40. The second-order valence-corrected chi connectivity index (χ2v) is 6.69. The summed E-state index contributed by atoms with van der Waals surface area (Å²) in [6, 6.07) is 20.4. The van der Waals surface area contributed by atoms with E-state index in [2.05, 4.69) is 20.6 Å². The molecule has 0 fully saturated rings. The van der Waals surface area contributed by atoms with E-state index >= 15 is 0 Å². The fourth-order valence-electron chi connectivity index (χ4n) is 2.95. The van der Waals surface area contributed by atoms with Gasteiger partial charge in [0.25, 0.3) is 5.91 Å². The monoisotopic (exact) mass is 414 g/mol. The highest BCUT2D eigenvalue weighted by Gasteiger charge is 2.08. The molecule has 6 nitrogen and oxygen atoms in total. The third-order valence-corrected chi connectivity index (χ3v) is 4.54. The number of carbonyl (C=O) groups is 1. The van der Waals surface area contributed by atoms with Crippen molar-refractivity contribution in [3.8, 4) is 16.9 Å². The number of rotatable bonds is 6. The molecule has 0 atom stereocenters. The number of aromatic nitrogens is 2. The number of halogens is 1. The summed E-state index contributed by atoms with van der Waals surface area (Å²) in [5.41, 5.74) is 3.32. The third kappa shape index (κ3) is 5.02. The molecule has 1 amide bonds. The van der Waals surface area contributed by atoms with E-state index < -0.39 is 0 Å². The molecule has 4 aromatic rings. The molecule has 0 aliphatic carbocycles. The van der Waals surface area contributed by atoms with Crippen molar-refractivity contribution < 1.29 is 13.9 Å². The van der Waals surface area contributed by atoms with Gasteiger partial charge in [0.15, 0.2) is 0 Å². The Morgan fingerprint density at radius 1 is 0.871 bits per heavy atom. The first-order valence-corrected chi connectivity index (χ1v) is 9.51. The van der Waals surface area contributed by atoms with Crippen molar-refractivity contribution in [2.24, 2.45) is 0 Å². The van der Waals surface area contributed by atoms with Crippen LogP contribution in [0.4, 0.5) is 21.7 Å². The largest absolute Gasteiger partial charge is 0.497 e. The molecule has 0 spiro atoms. The molecule has 154 valence electrons. The highest BCUT2D eigenvalue weighted by Crippen LogP contribution is 2.21. The number of carbonyl (C=O) groups excluding carboxylic acids is 1. The maximum Gasteiger partial charge on any atom is 0.255 e. The van der Waals surface area contributed by atoms with E-state index in [-0.39, 0.29) is 11.7 Å². The van der Waals surface area contributed by atoms with Gasteiger partial charge in [0, 0.05) is 41.0 Å². The molecule has 1 heterocycles.